The molecule has 2 amide bonds. The molecule has 4 aromatic carbocycles. The van der Waals surface area contributed by atoms with Crippen LogP contribution in [0.2, 0.25) is 5.02 Å². The van der Waals surface area contributed by atoms with Crippen LogP contribution >= 0.6 is 11.6 Å². The molecule has 0 spiro atoms. The van der Waals surface area contributed by atoms with Crippen LogP contribution in [0.15, 0.2) is 108 Å². The number of hydrogen-bond acceptors (Lipinski definition) is 4. The third-order valence-corrected chi connectivity index (χ3v) is 9.38. The molecule has 230 valence electrons. The Morgan fingerprint density at radius 1 is 0.818 bits per heavy atom. The van der Waals surface area contributed by atoms with Crippen LogP contribution in [0.25, 0.3) is 0 Å². The van der Waals surface area contributed by atoms with Crippen LogP contribution in [0.3, 0.4) is 0 Å². The van der Waals surface area contributed by atoms with Gasteiger partial charge in [0.05, 0.1) is 10.6 Å². The van der Waals surface area contributed by atoms with E-state index in [9.17, 15) is 18.0 Å². The molecule has 0 aliphatic heterocycles. The van der Waals surface area contributed by atoms with Crippen molar-refractivity contribution in [3.8, 4) is 0 Å². The fourth-order valence-electron chi connectivity index (χ4n) is 4.90. The highest BCUT2D eigenvalue weighted by molar-refractivity contribution is 7.92. The number of amides is 2. The largest absolute Gasteiger partial charge is 0.354 e. The third kappa shape index (κ3) is 8.27. The Bertz CT molecular complexity index is 1660. The van der Waals surface area contributed by atoms with Gasteiger partial charge in [0.15, 0.2) is 0 Å². The molecule has 1 N–H and O–H groups in total. The van der Waals surface area contributed by atoms with E-state index >= 15 is 0 Å². The average Bonchev–Trinajstić information content (AvgIpc) is 3.02. The van der Waals surface area contributed by atoms with Gasteiger partial charge in [0.25, 0.3) is 10.0 Å². The highest BCUT2D eigenvalue weighted by Gasteiger charge is 2.35. The summed E-state index contributed by atoms with van der Waals surface area (Å²) in [7, 11) is -4.19. The summed E-state index contributed by atoms with van der Waals surface area (Å²) in [6.07, 6.45) is 0.998. The molecule has 4 aromatic rings. The van der Waals surface area contributed by atoms with Gasteiger partial charge < -0.3 is 10.2 Å². The molecule has 0 bridgehead atoms. The Labute approximate surface area is 265 Å². The topological polar surface area (TPSA) is 86.8 Å². The van der Waals surface area contributed by atoms with Crippen molar-refractivity contribution in [2.75, 3.05) is 17.4 Å². The number of anilines is 1. The summed E-state index contributed by atoms with van der Waals surface area (Å²) in [4.78, 5) is 29.7. The van der Waals surface area contributed by atoms with Crippen LogP contribution in [0.4, 0.5) is 5.69 Å². The summed E-state index contributed by atoms with van der Waals surface area (Å²) >= 11 is 6.06. The smallest absolute Gasteiger partial charge is 0.264 e. The monoisotopic (exact) mass is 631 g/mol. The van der Waals surface area contributed by atoms with Crippen molar-refractivity contribution < 1.29 is 18.0 Å². The van der Waals surface area contributed by atoms with E-state index in [1.165, 1.54) is 29.2 Å². The predicted molar refractivity (Wildman–Crippen MR) is 176 cm³/mol. The molecule has 0 aromatic heterocycles. The number of nitrogens with zero attached hydrogens (tertiary/aromatic N) is 2. The average molecular weight is 632 g/mol. The normalized spacial score (nSPS) is 11.9. The first-order chi connectivity index (χ1) is 21.1. The van der Waals surface area contributed by atoms with E-state index in [2.05, 4.69) is 5.32 Å². The van der Waals surface area contributed by atoms with Crippen molar-refractivity contribution in [3.63, 3.8) is 0 Å². The minimum atomic E-state index is -4.19. The number of carbonyl (C=O) groups excluding carboxylic acids is 2. The van der Waals surface area contributed by atoms with E-state index in [1.54, 1.807) is 25.1 Å². The lowest BCUT2D eigenvalue weighted by Crippen LogP contribution is -2.53. The molecule has 0 unspecified atom stereocenters. The quantitative estimate of drug-likeness (QED) is 0.187. The third-order valence-electron chi connectivity index (χ3n) is 7.36. The van der Waals surface area contributed by atoms with Crippen molar-refractivity contribution in [1.82, 2.24) is 10.2 Å². The van der Waals surface area contributed by atoms with Crippen molar-refractivity contribution in [3.05, 3.63) is 130 Å². The van der Waals surface area contributed by atoms with E-state index in [4.69, 9.17) is 11.6 Å². The number of carbonyl (C=O) groups is 2. The summed E-state index contributed by atoms with van der Waals surface area (Å²) in [6, 6.07) is 29.2. The lowest BCUT2D eigenvalue weighted by Gasteiger charge is -2.34. The maximum absolute atomic E-state index is 14.5. The molecule has 9 heteroatoms. The summed E-state index contributed by atoms with van der Waals surface area (Å²) in [5.74, 6) is -0.793. The number of hydrogen-bond donors (Lipinski definition) is 1. The van der Waals surface area contributed by atoms with Crippen molar-refractivity contribution >= 4 is 39.1 Å². The maximum atomic E-state index is 14.5. The summed E-state index contributed by atoms with van der Waals surface area (Å²) in [5, 5.41) is 3.36. The van der Waals surface area contributed by atoms with Gasteiger partial charge in [-0.1, -0.05) is 96.9 Å². The minimum Gasteiger partial charge on any atom is -0.354 e. The van der Waals surface area contributed by atoms with Crippen LogP contribution < -0.4 is 9.62 Å². The maximum Gasteiger partial charge on any atom is 0.264 e. The first-order valence-electron chi connectivity index (χ1n) is 14.6. The summed E-state index contributed by atoms with van der Waals surface area (Å²) in [5.41, 5.74) is 3.84. The lowest BCUT2D eigenvalue weighted by atomic mass is 10.0. The first-order valence-corrected chi connectivity index (χ1v) is 16.4. The van der Waals surface area contributed by atoms with E-state index in [1.807, 2.05) is 74.5 Å². The second-order valence-corrected chi connectivity index (χ2v) is 13.1. The Balaban J connectivity index is 1.80. The Morgan fingerprint density at radius 2 is 1.45 bits per heavy atom. The number of aryl methyl sites for hydroxylation is 2. The van der Waals surface area contributed by atoms with Crippen LogP contribution in [0, 0.1) is 13.8 Å². The zero-order valence-electron chi connectivity index (χ0n) is 25.2. The zero-order valence-corrected chi connectivity index (χ0v) is 26.8. The molecule has 0 fully saturated rings. The fourth-order valence-corrected chi connectivity index (χ4v) is 6.51. The molecule has 0 heterocycles. The molecule has 7 nitrogen and oxygen atoms in total. The SMILES string of the molecule is CCCNC(=O)[C@@H](Cc1ccccc1)N(Cc1ccc(C)cc1)C(=O)CN(c1ccccc1C)S(=O)(=O)c1ccc(Cl)cc1. The van der Waals surface area contributed by atoms with Crippen molar-refractivity contribution in [2.24, 2.45) is 0 Å². The molecular formula is C35H38ClN3O4S. The molecule has 0 saturated heterocycles. The Kier molecular flexibility index (Phi) is 11.2. The van der Waals surface area contributed by atoms with Gasteiger partial charge in [-0.25, -0.2) is 8.42 Å². The van der Waals surface area contributed by atoms with Gasteiger partial charge in [-0.2, -0.15) is 0 Å². The van der Waals surface area contributed by atoms with Gasteiger partial charge in [0, 0.05) is 24.5 Å². The van der Waals surface area contributed by atoms with Crippen LogP contribution in [-0.4, -0.2) is 44.3 Å². The Hall–Kier alpha value is -4.14. The van der Waals surface area contributed by atoms with Crippen LogP contribution in [0.1, 0.15) is 35.6 Å². The summed E-state index contributed by atoms with van der Waals surface area (Å²) < 4.78 is 29.4. The molecule has 0 aliphatic carbocycles. The van der Waals surface area contributed by atoms with E-state index in [0.717, 1.165) is 27.4 Å². The molecule has 0 aliphatic rings. The molecule has 0 saturated carbocycles. The minimum absolute atomic E-state index is 0.00422. The number of sulfonamides is 1. The van der Waals surface area contributed by atoms with E-state index < -0.39 is 28.5 Å². The Morgan fingerprint density at radius 3 is 2.09 bits per heavy atom. The van der Waals surface area contributed by atoms with Gasteiger partial charge in [-0.3, -0.25) is 13.9 Å². The van der Waals surface area contributed by atoms with Crippen molar-refractivity contribution in [2.45, 2.75) is 51.1 Å². The number of para-hydroxylation sites is 1. The van der Waals surface area contributed by atoms with Crippen molar-refractivity contribution in [1.29, 1.82) is 0 Å². The zero-order chi connectivity index (χ0) is 31.7. The van der Waals surface area contributed by atoms with Gasteiger partial charge in [0.2, 0.25) is 11.8 Å². The van der Waals surface area contributed by atoms with E-state index in [0.29, 0.717) is 22.8 Å². The second-order valence-electron chi connectivity index (χ2n) is 10.8. The van der Waals surface area contributed by atoms with Gasteiger partial charge >= 0.3 is 0 Å². The lowest BCUT2D eigenvalue weighted by molar-refractivity contribution is -0.140. The van der Waals surface area contributed by atoms with Gasteiger partial charge in [-0.15, -0.1) is 0 Å². The van der Waals surface area contributed by atoms with Crippen LogP contribution in [-0.2, 0) is 32.6 Å². The van der Waals surface area contributed by atoms with E-state index in [-0.39, 0.29) is 23.8 Å². The predicted octanol–water partition coefficient (Wildman–Crippen LogP) is 6.32. The number of nitrogens with one attached hydrogen (secondary N) is 1. The molecule has 4 rings (SSSR count). The first kappa shape index (κ1) is 32.8. The highest BCUT2D eigenvalue weighted by atomic mass is 35.5. The molecular weight excluding hydrogens is 594 g/mol. The molecule has 0 radical (unpaired) electrons. The van der Waals surface area contributed by atoms with Gasteiger partial charge in [0.1, 0.15) is 12.6 Å². The van der Waals surface area contributed by atoms with Crippen LogP contribution in [0.5, 0.6) is 0 Å². The molecule has 1 atom stereocenters. The number of rotatable bonds is 13. The number of benzene rings is 4. The number of halogens is 1. The standard InChI is InChI=1S/C35H38ClN3O4S/c1-4-22-37-35(41)33(23-28-11-6-5-7-12-28)38(24-29-16-14-26(2)15-17-29)34(40)25-39(32-13-9-8-10-27(32)3)44(42,43)31-20-18-30(36)19-21-31/h5-21,33H,4,22-25H2,1-3H3,(H,37,41)/t33-/m1/s1. The van der Waals surface area contributed by atoms with Gasteiger partial charge in [-0.05, 0) is 67.3 Å². The fraction of sp³-hybridized carbons (Fsp3) is 0.257. The highest BCUT2D eigenvalue weighted by Crippen LogP contribution is 2.28. The second kappa shape index (κ2) is 15.0. The molecule has 44 heavy (non-hydrogen) atoms. The summed E-state index contributed by atoms with van der Waals surface area (Å²) in [6.45, 7) is 5.81.